The fourth-order valence-corrected chi connectivity index (χ4v) is 2.36. The maximum absolute atomic E-state index is 5.80. The fourth-order valence-electron chi connectivity index (χ4n) is 2.36. The molecule has 25 heavy (non-hydrogen) atoms. The molecule has 1 aromatic carbocycles. The van der Waals surface area contributed by atoms with Crippen LogP contribution in [0, 0.1) is 13.8 Å². The monoisotopic (exact) mass is 343 g/mol. The van der Waals surface area contributed by atoms with Gasteiger partial charge in [0.15, 0.2) is 5.96 Å². The molecule has 0 aliphatic carbocycles. The van der Waals surface area contributed by atoms with E-state index in [1.54, 1.807) is 0 Å². The molecule has 0 saturated heterocycles. The number of aliphatic imine (C=N–C) groups is 1. The second kappa shape index (κ2) is 9.71. The number of guanidine groups is 1. The molecule has 0 saturated carbocycles. The summed E-state index contributed by atoms with van der Waals surface area (Å²) in [7, 11) is 2.03. The van der Waals surface area contributed by atoms with Gasteiger partial charge in [0.25, 0.3) is 0 Å². The number of hydrogen-bond donors (Lipinski definition) is 1. The summed E-state index contributed by atoms with van der Waals surface area (Å²) in [5, 5.41) is 7.61. The summed E-state index contributed by atoms with van der Waals surface area (Å²) in [5.74, 6) is 1.79. The summed E-state index contributed by atoms with van der Waals surface area (Å²) in [5.41, 5.74) is 2.40. The molecule has 0 bridgehead atoms. The third kappa shape index (κ3) is 6.49. The van der Waals surface area contributed by atoms with Gasteiger partial charge in [-0.2, -0.15) is 5.10 Å². The van der Waals surface area contributed by atoms with Gasteiger partial charge in [0, 0.05) is 19.8 Å². The van der Waals surface area contributed by atoms with Crippen molar-refractivity contribution in [2.75, 3.05) is 33.3 Å². The van der Waals surface area contributed by atoms with Crippen molar-refractivity contribution in [2.45, 2.75) is 27.3 Å². The minimum absolute atomic E-state index is 0.613. The van der Waals surface area contributed by atoms with E-state index in [2.05, 4.69) is 46.3 Å². The molecular weight excluding hydrogens is 314 g/mol. The fraction of sp³-hybridized carbons (Fsp3) is 0.474. The molecule has 1 heterocycles. The van der Waals surface area contributed by atoms with Crippen LogP contribution in [0.15, 0.2) is 41.7 Å². The quantitative estimate of drug-likeness (QED) is 0.591. The van der Waals surface area contributed by atoms with Crippen LogP contribution in [0.1, 0.15) is 18.1 Å². The van der Waals surface area contributed by atoms with Crippen LogP contribution in [0.3, 0.4) is 0 Å². The minimum atomic E-state index is 0.613. The molecule has 1 N–H and O–H groups in total. The molecule has 6 heteroatoms. The van der Waals surface area contributed by atoms with E-state index in [0.717, 1.165) is 31.3 Å². The predicted molar refractivity (Wildman–Crippen MR) is 102 cm³/mol. The van der Waals surface area contributed by atoms with E-state index in [1.807, 2.05) is 43.2 Å². The van der Waals surface area contributed by atoms with Crippen LogP contribution < -0.4 is 10.1 Å². The van der Waals surface area contributed by atoms with Gasteiger partial charge in [-0.25, -0.2) is 0 Å². The standard InChI is InChI=1S/C19H29N5O/c1-5-20-19(21-10-11-24-15-17(3)14-22-24)23(4)12-13-25-18-8-6-16(2)7-9-18/h6-9,14-15H,5,10-13H2,1-4H3,(H,20,21). The molecule has 0 aliphatic rings. The molecule has 0 amide bonds. The second-order valence-corrected chi connectivity index (χ2v) is 6.10. The van der Waals surface area contributed by atoms with Gasteiger partial charge in [-0.1, -0.05) is 17.7 Å². The largest absolute Gasteiger partial charge is 0.492 e. The molecule has 0 atom stereocenters. The molecular formula is C19H29N5O. The number of aryl methyl sites for hydroxylation is 2. The lowest BCUT2D eigenvalue weighted by Gasteiger charge is -2.22. The number of aromatic nitrogens is 2. The van der Waals surface area contributed by atoms with Crippen LogP contribution in [0.25, 0.3) is 0 Å². The summed E-state index contributed by atoms with van der Waals surface area (Å²) in [6, 6.07) is 8.12. The predicted octanol–water partition coefficient (Wildman–Crippen LogP) is 2.48. The van der Waals surface area contributed by atoms with Gasteiger partial charge < -0.3 is 15.0 Å². The molecule has 0 spiro atoms. The van der Waals surface area contributed by atoms with Crippen LogP contribution in [0.4, 0.5) is 0 Å². The number of nitrogens with zero attached hydrogens (tertiary/aromatic N) is 4. The lowest BCUT2D eigenvalue weighted by molar-refractivity contribution is 0.281. The molecule has 6 nitrogen and oxygen atoms in total. The number of nitrogens with one attached hydrogen (secondary N) is 1. The summed E-state index contributed by atoms with van der Waals surface area (Å²) in [6.45, 7) is 9.86. The van der Waals surface area contributed by atoms with E-state index in [1.165, 1.54) is 11.1 Å². The number of likely N-dealkylation sites (N-methyl/N-ethyl adjacent to an activating group) is 1. The van der Waals surface area contributed by atoms with Crippen molar-refractivity contribution in [3.63, 3.8) is 0 Å². The summed E-state index contributed by atoms with van der Waals surface area (Å²) < 4.78 is 7.72. The summed E-state index contributed by atoms with van der Waals surface area (Å²) in [4.78, 5) is 6.76. The molecule has 0 aliphatic heterocycles. The van der Waals surface area contributed by atoms with Crippen LogP contribution in [-0.2, 0) is 6.54 Å². The van der Waals surface area contributed by atoms with Gasteiger partial charge in [0.05, 0.1) is 25.8 Å². The molecule has 2 aromatic rings. The van der Waals surface area contributed by atoms with Gasteiger partial charge in [-0.3, -0.25) is 9.67 Å². The van der Waals surface area contributed by atoms with Crippen molar-refractivity contribution in [2.24, 2.45) is 4.99 Å². The number of ether oxygens (including phenoxy) is 1. The van der Waals surface area contributed by atoms with Crippen molar-refractivity contribution in [3.05, 3.63) is 47.8 Å². The Hall–Kier alpha value is -2.50. The lowest BCUT2D eigenvalue weighted by Crippen LogP contribution is -2.41. The molecule has 0 radical (unpaired) electrons. The first kappa shape index (κ1) is 18.8. The minimum Gasteiger partial charge on any atom is -0.492 e. The van der Waals surface area contributed by atoms with Gasteiger partial charge in [0.2, 0.25) is 0 Å². The van der Waals surface area contributed by atoms with Crippen LogP contribution in [-0.4, -0.2) is 53.9 Å². The smallest absolute Gasteiger partial charge is 0.193 e. The van der Waals surface area contributed by atoms with Crippen LogP contribution in [0.5, 0.6) is 5.75 Å². The molecule has 0 unspecified atom stereocenters. The maximum Gasteiger partial charge on any atom is 0.193 e. The Morgan fingerprint density at radius 2 is 2.00 bits per heavy atom. The van der Waals surface area contributed by atoms with E-state index in [0.29, 0.717) is 13.2 Å². The highest BCUT2D eigenvalue weighted by Gasteiger charge is 2.05. The SMILES string of the molecule is CCNC(=NCCn1cc(C)cn1)N(C)CCOc1ccc(C)cc1. The Labute approximate surface area is 150 Å². The topological polar surface area (TPSA) is 54.7 Å². The maximum atomic E-state index is 5.80. The highest BCUT2D eigenvalue weighted by molar-refractivity contribution is 5.79. The van der Waals surface area contributed by atoms with Crippen LogP contribution >= 0.6 is 0 Å². The first-order valence-electron chi connectivity index (χ1n) is 8.76. The summed E-state index contributed by atoms with van der Waals surface area (Å²) in [6.07, 6.45) is 3.89. The van der Waals surface area contributed by atoms with Gasteiger partial charge in [0.1, 0.15) is 12.4 Å². The second-order valence-electron chi connectivity index (χ2n) is 6.10. The van der Waals surface area contributed by atoms with Crippen molar-refractivity contribution in [1.29, 1.82) is 0 Å². The lowest BCUT2D eigenvalue weighted by atomic mass is 10.2. The first-order valence-corrected chi connectivity index (χ1v) is 8.76. The third-order valence-electron chi connectivity index (χ3n) is 3.77. The normalized spacial score (nSPS) is 11.4. The zero-order valence-electron chi connectivity index (χ0n) is 15.7. The Kier molecular flexibility index (Phi) is 7.32. The van der Waals surface area contributed by atoms with Crippen LogP contribution in [0.2, 0.25) is 0 Å². The average Bonchev–Trinajstić information content (AvgIpc) is 3.01. The highest BCUT2D eigenvalue weighted by atomic mass is 16.5. The molecule has 136 valence electrons. The Morgan fingerprint density at radius 1 is 1.24 bits per heavy atom. The van der Waals surface area contributed by atoms with Crippen molar-refractivity contribution in [1.82, 2.24) is 20.0 Å². The molecule has 2 rings (SSSR count). The van der Waals surface area contributed by atoms with Gasteiger partial charge >= 0.3 is 0 Å². The van der Waals surface area contributed by atoms with Crippen molar-refractivity contribution < 1.29 is 4.74 Å². The number of hydrogen-bond acceptors (Lipinski definition) is 3. The summed E-state index contributed by atoms with van der Waals surface area (Å²) >= 11 is 0. The Morgan fingerprint density at radius 3 is 2.64 bits per heavy atom. The molecule has 0 fully saturated rings. The average molecular weight is 343 g/mol. The van der Waals surface area contributed by atoms with E-state index >= 15 is 0 Å². The van der Waals surface area contributed by atoms with E-state index in [9.17, 15) is 0 Å². The Bertz CT molecular complexity index is 663. The van der Waals surface area contributed by atoms with Gasteiger partial charge in [-0.15, -0.1) is 0 Å². The third-order valence-corrected chi connectivity index (χ3v) is 3.77. The number of rotatable bonds is 8. The van der Waals surface area contributed by atoms with Crippen molar-refractivity contribution in [3.8, 4) is 5.75 Å². The van der Waals surface area contributed by atoms with E-state index in [4.69, 9.17) is 4.74 Å². The number of benzene rings is 1. The van der Waals surface area contributed by atoms with Crippen molar-refractivity contribution >= 4 is 5.96 Å². The molecule has 1 aromatic heterocycles. The highest BCUT2D eigenvalue weighted by Crippen LogP contribution is 2.11. The van der Waals surface area contributed by atoms with E-state index in [-0.39, 0.29) is 0 Å². The van der Waals surface area contributed by atoms with E-state index < -0.39 is 0 Å². The van der Waals surface area contributed by atoms with Gasteiger partial charge in [-0.05, 0) is 38.5 Å². The zero-order chi connectivity index (χ0) is 18.1. The Balaban J connectivity index is 1.80. The first-order chi connectivity index (χ1) is 12.1. The zero-order valence-corrected chi connectivity index (χ0v) is 15.7.